The van der Waals surface area contributed by atoms with Crippen molar-refractivity contribution in [2.45, 2.75) is 102 Å². The van der Waals surface area contributed by atoms with Crippen LogP contribution in [-0.4, -0.2) is 70.3 Å². The molecule has 2 N–H and O–H groups in total. The van der Waals surface area contributed by atoms with Crippen LogP contribution in [0.1, 0.15) is 73.1 Å². The zero-order chi connectivity index (χ0) is 23.0. The molecular weight excluding hydrogens is 400 g/mol. The Morgan fingerprint density at radius 3 is 2.55 bits per heavy atom. The number of hydrogen-bond acceptors (Lipinski definition) is 6. The van der Waals surface area contributed by atoms with E-state index < -0.39 is 41.1 Å². The minimum atomic E-state index is -1.07. The van der Waals surface area contributed by atoms with Crippen LogP contribution >= 0.6 is 0 Å². The van der Waals surface area contributed by atoms with Gasteiger partial charge in [-0.3, -0.25) is 14.4 Å². The van der Waals surface area contributed by atoms with Crippen LogP contribution in [-0.2, 0) is 23.9 Å². The van der Waals surface area contributed by atoms with Crippen LogP contribution in [0.2, 0.25) is 0 Å². The number of hydrogen-bond donors (Lipinski definition) is 2. The highest BCUT2D eigenvalue weighted by molar-refractivity contribution is 5.98. The van der Waals surface area contributed by atoms with Gasteiger partial charge in [0.25, 0.3) is 0 Å². The lowest BCUT2D eigenvalue weighted by molar-refractivity contribution is -0.162. The average molecular weight is 439 g/mol. The highest BCUT2D eigenvalue weighted by Crippen LogP contribution is 2.64. The SMILES string of the molecule is CCCC(C)NC(=O)C1N([C@@H](CC)CO)C(=O)[C@@H]2[C@H](C(=O)OCC)[C@]3(CC)CCC12O3. The first kappa shape index (κ1) is 24.0. The number of fused-ring (bicyclic) bond motifs is 1. The number of aliphatic hydroxyl groups is 1. The van der Waals surface area contributed by atoms with Crippen LogP contribution in [0.4, 0.5) is 0 Å². The summed E-state index contributed by atoms with van der Waals surface area (Å²) in [4.78, 5) is 41.9. The lowest BCUT2D eigenvalue weighted by Crippen LogP contribution is -2.59. The standard InChI is InChI=1S/C23H38N2O6/c1-6-10-14(5)24-19(27)18-23-12-11-22(8-3,31-23)17(21(29)30-9-4)16(23)20(28)25(18)15(7-2)13-26/h14-18,26H,6-13H2,1-5H3,(H,24,27)/t14?,15-,16-,17+,18?,22-,23?/m0/s1. The molecule has 3 rings (SSSR count). The van der Waals surface area contributed by atoms with E-state index in [1.54, 1.807) is 6.92 Å². The zero-order valence-electron chi connectivity index (χ0n) is 19.5. The van der Waals surface area contributed by atoms with E-state index in [1.165, 1.54) is 4.90 Å². The van der Waals surface area contributed by atoms with Gasteiger partial charge in [-0.15, -0.1) is 0 Å². The summed E-state index contributed by atoms with van der Waals surface area (Å²) >= 11 is 0. The van der Waals surface area contributed by atoms with E-state index in [2.05, 4.69) is 12.2 Å². The van der Waals surface area contributed by atoms with Crippen LogP contribution in [0.3, 0.4) is 0 Å². The fourth-order valence-corrected chi connectivity index (χ4v) is 6.18. The third-order valence-electron chi connectivity index (χ3n) is 7.59. The molecule has 3 heterocycles. The summed E-state index contributed by atoms with van der Waals surface area (Å²) in [5, 5.41) is 13.1. The van der Waals surface area contributed by atoms with Gasteiger partial charge in [0.15, 0.2) is 0 Å². The maximum atomic E-state index is 13.8. The van der Waals surface area contributed by atoms with E-state index in [1.807, 2.05) is 20.8 Å². The van der Waals surface area contributed by atoms with Gasteiger partial charge in [-0.2, -0.15) is 0 Å². The molecule has 3 saturated heterocycles. The fraction of sp³-hybridized carbons (Fsp3) is 0.870. The number of amides is 2. The number of carbonyl (C=O) groups is 3. The molecule has 2 bridgehead atoms. The Hall–Kier alpha value is -1.67. The molecule has 0 aromatic rings. The Labute approximate surface area is 185 Å². The average Bonchev–Trinajstić information content (AvgIpc) is 3.33. The van der Waals surface area contributed by atoms with Gasteiger partial charge in [-0.25, -0.2) is 0 Å². The van der Waals surface area contributed by atoms with Crippen LogP contribution in [0, 0.1) is 11.8 Å². The molecule has 0 aliphatic carbocycles. The number of ether oxygens (including phenoxy) is 2. The molecular formula is C23H38N2O6. The molecule has 2 amide bonds. The largest absolute Gasteiger partial charge is 0.466 e. The fourth-order valence-electron chi connectivity index (χ4n) is 6.18. The number of rotatable bonds is 10. The van der Waals surface area contributed by atoms with Crippen molar-refractivity contribution in [2.75, 3.05) is 13.2 Å². The van der Waals surface area contributed by atoms with Gasteiger partial charge in [0.2, 0.25) is 11.8 Å². The first-order chi connectivity index (χ1) is 14.8. The van der Waals surface area contributed by atoms with E-state index >= 15 is 0 Å². The molecule has 3 aliphatic heterocycles. The van der Waals surface area contributed by atoms with Crippen LogP contribution < -0.4 is 5.32 Å². The second-order valence-electron chi connectivity index (χ2n) is 9.27. The molecule has 31 heavy (non-hydrogen) atoms. The molecule has 8 heteroatoms. The topological polar surface area (TPSA) is 105 Å². The van der Waals surface area contributed by atoms with E-state index in [9.17, 15) is 19.5 Å². The molecule has 3 fully saturated rings. The van der Waals surface area contributed by atoms with Crippen LogP contribution in [0.5, 0.6) is 0 Å². The minimum Gasteiger partial charge on any atom is -0.466 e. The first-order valence-electron chi connectivity index (χ1n) is 11.9. The third kappa shape index (κ3) is 3.55. The lowest BCUT2D eigenvalue weighted by Gasteiger charge is -2.37. The van der Waals surface area contributed by atoms with Crippen molar-refractivity contribution in [3.63, 3.8) is 0 Å². The quantitative estimate of drug-likeness (QED) is 0.504. The van der Waals surface area contributed by atoms with Gasteiger partial charge in [-0.05, 0) is 46.0 Å². The van der Waals surface area contributed by atoms with Crippen LogP contribution in [0.15, 0.2) is 0 Å². The van der Waals surface area contributed by atoms with E-state index in [0.29, 0.717) is 25.7 Å². The summed E-state index contributed by atoms with van der Waals surface area (Å²) < 4.78 is 12.0. The molecule has 8 nitrogen and oxygen atoms in total. The Balaban J connectivity index is 2.07. The highest BCUT2D eigenvalue weighted by atomic mass is 16.6. The summed E-state index contributed by atoms with van der Waals surface area (Å²) in [6.45, 7) is 9.55. The number of nitrogens with zero attached hydrogens (tertiary/aromatic N) is 1. The zero-order valence-corrected chi connectivity index (χ0v) is 19.5. The van der Waals surface area contributed by atoms with E-state index in [0.717, 1.165) is 12.8 Å². The molecule has 176 valence electrons. The van der Waals surface area contributed by atoms with Crippen molar-refractivity contribution in [1.29, 1.82) is 0 Å². The summed E-state index contributed by atoms with van der Waals surface area (Å²) in [7, 11) is 0. The highest BCUT2D eigenvalue weighted by Gasteiger charge is 2.79. The molecule has 0 aromatic heterocycles. The second kappa shape index (κ2) is 9.06. The van der Waals surface area contributed by atoms with Crippen LogP contribution in [0.25, 0.3) is 0 Å². The van der Waals surface area contributed by atoms with Gasteiger partial charge in [-0.1, -0.05) is 27.2 Å². The van der Waals surface area contributed by atoms with Gasteiger partial charge in [0.1, 0.15) is 17.6 Å². The summed E-state index contributed by atoms with van der Waals surface area (Å²) in [5.74, 6) is -2.47. The first-order valence-corrected chi connectivity index (χ1v) is 11.9. The molecule has 1 spiro atoms. The van der Waals surface area contributed by atoms with Gasteiger partial charge < -0.3 is 24.8 Å². The van der Waals surface area contributed by atoms with Crippen molar-refractivity contribution in [3.8, 4) is 0 Å². The summed E-state index contributed by atoms with van der Waals surface area (Å²) in [6, 6.07) is -1.42. The van der Waals surface area contributed by atoms with Gasteiger partial charge in [0.05, 0.1) is 30.8 Å². The Kier molecular flexibility index (Phi) is 7.01. The van der Waals surface area contributed by atoms with Crippen molar-refractivity contribution >= 4 is 17.8 Å². The predicted molar refractivity (Wildman–Crippen MR) is 114 cm³/mol. The van der Waals surface area contributed by atoms with Crippen molar-refractivity contribution in [1.82, 2.24) is 10.2 Å². The lowest BCUT2D eigenvalue weighted by atomic mass is 9.65. The molecule has 0 aromatic carbocycles. The van der Waals surface area contributed by atoms with Gasteiger partial charge in [0, 0.05) is 6.04 Å². The smallest absolute Gasteiger partial charge is 0.312 e. The number of likely N-dealkylation sites (tertiary alicyclic amines) is 1. The Morgan fingerprint density at radius 1 is 1.29 bits per heavy atom. The normalized spacial score (nSPS) is 35.7. The number of esters is 1. The number of carbonyl (C=O) groups excluding carboxylic acids is 3. The maximum absolute atomic E-state index is 13.8. The van der Waals surface area contributed by atoms with E-state index in [-0.39, 0.29) is 31.1 Å². The monoisotopic (exact) mass is 438 g/mol. The molecule has 7 atom stereocenters. The Bertz CT molecular complexity index is 710. The maximum Gasteiger partial charge on any atom is 0.312 e. The van der Waals surface area contributed by atoms with Crippen molar-refractivity contribution in [3.05, 3.63) is 0 Å². The Morgan fingerprint density at radius 2 is 2.00 bits per heavy atom. The molecule has 0 radical (unpaired) electrons. The molecule has 0 saturated carbocycles. The summed E-state index contributed by atoms with van der Waals surface area (Å²) in [5.41, 5.74) is -1.85. The molecule has 3 aliphatic rings. The second-order valence-corrected chi connectivity index (χ2v) is 9.27. The minimum absolute atomic E-state index is 0.0429. The van der Waals surface area contributed by atoms with Crippen molar-refractivity contribution < 1.29 is 29.0 Å². The summed E-state index contributed by atoms with van der Waals surface area (Å²) in [6.07, 6.45) is 3.96. The number of nitrogens with one attached hydrogen (secondary N) is 1. The predicted octanol–water partition coefficient (Wildman–Crippen LogP) is 1.78. The van der Waals surface area contributed by atoms with E-state index in [4.69, 9.17) is 9.47 Å². The number of aliphatic hydroxyl groups excluding tert-OH is 1. The molecule has 3 unspecified atom stereocenters. The third-order valence-corrected chi connectivity index (χ3v) is 7.59. The van der Waals surface area contributed by atoms with Gasteiger partial charge >= 0.3 is 5.97 Å². The van der Waals surface area contributed by atoms with Crippen molar-refractivity contribution in [2.24, 2.45) is 11.8 Å².